The molecule has 3 fully saturated rings. The number of aliphatic hydroxyl groups excluding tert-OH is 1. The fourth-order valence-electron chi connectivity index (χ4n) is 7.63. The number of alkyl halides is 3. The van der Waals surface area contributed by atoms with Crippen molar-refractivity contribution in [1.29, 1.82) is 0 Å². The highest BCUT2D eigenvalue weighted by molar-refractivity contribution is 8.13. The van der Waals surface area contributed by atoms with E-state index in [1.807, 2.05) is 0 Å². The van der Waals surface area contributed by atoms with Crippen molar-refractivity contribution in [2.24, 2.45) is 28.6 Å². The van der Waals surface area contributed by atoms with Crippen LogP contribution in [0.1, 0.15) is 53.4 Å². The van der Waals surface area contributed by atoms with E-state index in [0.717, 1.165) is 6.08 Å². The predicted octanol–water partition coefficient (Wildman–Crippen LogP) is 4.43. The number of esters is 1. The van der Waals surface area contributed by atoms with Crippen molar-refractivity contribution in [3.8, 4) is 0 Å². The van der Waals surface area contributed by atoms with Gasteiger partial charge < -0.3 is 9.84 Å². The van der Waals surface area contributed by atoms with Crippen LogP contribution in [0, 0.1) is 28.6 Å². The molecule has 0 spiro atoms. The molecule has 4 aliphatic rings. The molecule has 9 unspecified atom stereocenters. The van der Waals surface area contributed by atoms with E-state index in [1.165, 1.54) is 19.1 Å². The molecule has 5 nitrogen and oxygen atoms in total. The Morgan fingerprint density at radius 2 is 1.94 bits per heavy atom. The molecule has 9 heteroatoms. The number of rotatable bonds is 4. The molecule has 0 heterocycles. The van der Waals surface area contributed by atoms with E-state index in [0.29, 0.717) is 11.8 Å². The van der Waals surface area contributed by atoms with Gasteiger partial charge in [0, 0.05) is 29.1 Å². The third-order valence-corrected chi connectivity index (χ3v) is 9.90. The zero-order valence-corrected chi connectivity index (χ0v) is 20.6. The quantitative estimate of drug-likeness (QED) is 0.576. The first-order valence-electron chi connectivity index (χ1n) is 11.7. The Kier molecular flexibility index (Phi) is 6.16. The maximum Gasteiger partial charge on any atom is 0.306 e. The zero-order chi connectivity index (χ0) is 25.3. The Labute approximate surface area is 201 Å². The number of hydrogen-bond acceptors (Lipinski definition) is 6. The van der Waals surface area contributed by atoms with E-state index in [1.54, 1.807) is 20.8 Å². The summed E-state index contributed by atoms with van der Waals surface area (Å²) >= 11 is 0.396. The molecule has 0 aromatic heterocycles. The number of fused-ring (bicyclic) bond motifs is 5. The Morgan fingerprint density at radius 3 is 2.56 bits per heavy atom. The minimum Gasteiger partial charge on any atom is -0.449 e. The summed E-state index contributed by atoms with van der Waals surface area (Å²) < 4.78 is 51.8. The van der Waals surface area contributed by atoms with Crippen molar-refractivity contribution >= 4 is 28.6 Å². The van der Waals surface area contributed by atoms with Crippen molar-refractivity contribution in [2.75, 3.05) is 6.01 Å². The number of carbonyl (C=O) groups excluding carboxylic acids is 3. The summed E-state index contributed by atoms with van der Waals surface area (Å²) in [5, 5.41) is 10.7. The van der Waals surface area contributed by atoms with Gasteiger partial charge in [0.15, 0.2) is 17.1 Å². The van der Waals surface area contributed by atoms with E-state index in [4.69, 9.17) is 4.74 Å². The molecule has 4 aliphatic carbocycles. The van der Waals surface area contributed by atoms with Crippen molar-refractivity contribution in [3.63, 3.8) is 0 Å². The first kappa shape index (κ1) is 25.5. The van der Waals surface area contributed by atoms with Gasteiger partial charge >= 0.3 is 5.97 Å². The van der Waals surface area contributed by atoms with E-state index < -0.39 is 75.0 Å². The van der Waals surface area contributed by atoms with Crippen LogP contribution in [0.25, 0.3) is 0 Å². The maximum absolute atomic E-state index is 17.2. The standard InChI is InChI=1S/C25H31F3O5S/c1-5-20(31)33-25(21(32)34-12-26)13(2)8-15-16-10-18(27)17-9-14(29)6-7-22(17,3)24(16,28)19(30)11-23(15,25)4/h6-7,9,13,15-16,18-19,30H,5,8,10-12H2,1-4H3. The summed E-state index contributed by atoms with van der Waals surface area (Å²) in [7, 11) is 0. The molecule has 0 aromatic rings. The largest absolute Gasteiger partial charge is 0.449 e. The lowest BCUT2D eigenvalue weighted by Gasteiger charge is -2.63. The third-order valence-electron chi connectivity index (χ3n) is 9.22. The molecule has 0 radical (unpaired) electrons. The minimum atomic E-state index is -2.30. The third kappa shape index (κ3) is 3.01. The number of halogens is 3. The molecular weight excluding hydrogens is 469 g/mol. The number of ether oxygens (including phenoxy) is 1. The van der Waals surface area contributed by atoms with E-state index in [9.17, 15) is 23.9 Å². The molecule has 34 heavy (non-hydrogen) atoms. The molecule has 1 N–H and O–H groups in total. The highest BCUT2D eigenvalue weighted by atomic mass is 32.2. The number of allylic oxidation sites excluding steroid dienone is 4. The molecule has 0 amide bonds. The lowest BCUT2D eigenvalue weighted by molar-refractivity contribution is -0.228. The Hall–Kier alpha value is -1.61. The maximum atomic E-state index is 17.2. The average Bonchev–Trinajstić information content (AvgIpc) is 2.99. The highest BCUT2D eigenvalue weighted by Crippen LogP contribution is 2.72. The zero-order valence-electron chi connectivity index (χ0n) is 19.8. The lowest BCUT2D eigenvalue weighted by atomic mass is 9.44. The monoisotopic (exact) mass is 500 g/mol. The van der Waals surface area contributed by atoms with Crippen LogP contribution in [0.4, 0.5) is 13.2 Å². The number of hydrogen-bond donors (Lipinski definition) is 1. The molecule has 4 rings (SSSR count). The van der Waals surface area contributed by atoms with Crippen LogP contribution >= 0.6 is 11.8 Å². The number of thioether (sulfide) groups is 1. The van der Waals surface area contributed by atoms with E-state index >= 15 is 8.78 Å². The van der Waals surface area contributed by atoms with Gasteiger partial charge in [0.05, 0.1) is 6.10 Å². The van der Waals surface area contributed by atoms with Crippen LogP contribution in [-0.4, -0.2) is 51.5 Å². The summed E-state index contributed by atoms with van der Waals surface area (Å²) in [5.41, 5.74) is -6.84. The average molecular weight is 501 g/mol. The molecule has 0 saturated heterocycles. The van der Waals surface area contributed by atoms with Gasteiger partial charge in [-0.1, -0.05) is 26.8 Å². The van der Waals surface area contributed by atoms with Gasteiger partial charge in [0.2, 0.25) is 5.12 Å². The van der Waals surface area contributed by atoms with Crippen LogP contribution in [-0.2, 0) is 19.1 Å². The van der Waals surface area contributed by atoms with Gasteiger partial charge in [0.1, 0.15) is 12.2 Å². The van der Waals surface area contributed by atoms with Crippen LogP contribution in [0.5, 0.6) is 0 Å². The summed E-state index contributed by atoms with van der Waals surface area (Å²) in [6.07, 6.45) is 0.160. The Balaban J connectivity index is 1.87. The summed E-state index contributed by atoms with van der Waals surface area (Å²) in [6, 6.07) is -1.02. The minimum absolute atomic E-state index is 0.0141. The molecule has 3 saturated carbocycles. The lowest BCUT2D eigenvalue weighted by Crippen LogP contribution is -2.70. The summed E-state index contributed by atoms with van der Waals surface area (Å²) in [4.78, 5) is 37.8. The van der Waals surface area contributed by atoms with Crippen molar-refractivity contribution in [1.82, 2.24) is 0 Å². The normalized spacial score (nSPS) is 47.4. The van der Waals surface area contributed by atoms with Crippen LogP contribution < -0.4 is 0 Å². The Bertz CT molecular complexity index is 984. The van der Waals surface area contributed by atoms with Crippen LogP contribution in [0.15, 0.2) is 23.8 Å². The molecule has 0 aromatic carbocycles. The van der Waals surface area contributed by atoms with Crippen LogP contribution in [0.3, 0.4) is 0 Å². The van der Waals surface area contributed by atoms with Crippen molar-refractivity contribution in [3.05, 3.63) is 23.8 Å². The van der Waals surface area contributed by atoms with Gasteiger partial charge in [0.25, 0.3) is 0 Å². The summed E-state index contributed by atoms with van der Waals surface area (Å²) in [5.74, 6) is -3.30. The number of aliphatic hydroxyl groups is 1. The molecule has 0 bridgehead atoms. The second kappa shape index (κ2) is 8.22. The molecular formula is C25H31F3O5S. The fraction of sp³-hybridized carbons (Fsp3) is 0.720. The van der Waals surface area contributed by atoms with Crippen molar-refractivity contribution < 1.29 is 37.4 Å². The SMILES string of the molecule is CCC(=O)OC1(C(=O)SCF)C(C)CC2C3CC(F)C4=CC(=O)C=CC4(C)C3(F)C(O)CC21C. The van der Waals surface area contributed by atoms with Crippen LogP contribution in [0.2, 0.25) is 0 Å². The second-order valence-electron chi connectivity index (χ2n) is 10.6. The molecule has 9 atom stereocenters. The predicted molar refractivity (Wildman–Crippen MR) is 121 cm³/mol. The van der Waals surface area contributed by atoms with Gasteiger partial charge in [-0.05, 0) is 61.6 Å². The van der Waals surface area contributed by atoms with Gasteiger partial charge in [-0.25, -0.2) is 13.2 Å². The second-order valence-corrected chi connectivity index (χ2v) is 11.5. The summed E-state index contributed by atoms with van der Waals surface area (Å²) in [6.45, 7) is 6.45. The van der Waals surface area contributed by atoms with Gasteiger partial charge in [-0.15, -0.1) is 0 Å². The fourth-order valence-corrected chi connectivity index (χ4v) is 8.42. The smallest absolute Gasteiger partial charge is 0.306 e. The van der Waals surface area contributed by atoms with Crippen molar-refractivity contribution in [2.45, 2.75) is 76.9 Å². The first-order chi connectivity index (χ1) is 15.8. The van der Waals surface area contributed by atoms with E-state index in [-0.39, 0.29) is 31.3 Å². The first-order valence-corrected chi connectivity index (χ1v) is 12.7. The van der Waals surface area contributed by atoms with Gasteiger partial charge in [-0.2, -0.15) is 0 Å². The molecule has 188 valence electrons. The Morgan fingerprint density at radius 1 is 1.26 bits per heavy atom. The number of carbonyl (C=O) groups is 3. The van der Waals surface area contributed by atoms with E-state index in [2.05, 4.69) is 0 Å². The highest BCUT2D eigenvalue weighted by Gasteiger charge is 2.78. The molecule has 0 aliphatic heterocycles. The topological polar surface area (TPSA) is 80.7 Å². The van der Waals surface area contributed by atoms with Gasteiger partial charge in [-0.3, -0.25) is 14.4 Å². The number of ketones is 1.